The quantitative estimate of drug-likeness (QED) is 0.498. The Balaban J connectivity index is 2.26. The molecule has 3 rings (SSSR count). The minimum absolute atomic E-state index is 0.0808. The van der Waals surface area contributed by atoms with E-state index in [2.05, 4.69) is 0 Å². The molecular weight excluding hydrogens is 407 g/mol. The lowest BCUT2D eigenvalue weighted by Gasteiger charge is -2.11. The Hall–Kier alpha value is -2.76. The molecule has 8 heteroatoms. The number of carbonyl (C=O) groups is 1. The Morgan fingerprint density at radius 1 is 1.14 bits per heavy atom. The van der Waals surface area contributed by atoms with Gasteiger partial charge in [0.2, 0.25) is 0 Å². The summed E-state index contributed by atoms with van der Waals surface area (Å²) in [7, 11) is 0. The molecule has 0 spiro atoms. The monoisotopic (exact) mass is 419 g/mol. The van der Waals surface area contributed by atoms with Crippen LogP contribution in [-0.2, 0) is 6.18 Å². The Kier molecular flexibility index (Phi) is 5.49. The van der Waals surface area contributed by atoms with Gasteiger partial charge in [-0.15, -0.1) is 23.1 Å². The molecule has 0 bridgehead atoms. The molecule has 2 aromatic carbocycles. The first-order valence-corrected chi connectivity index (χ1v) is 9.93. The summed E-state index contributed by atoms with van der Waals surface area (Å²) in [6, 6.07) is 15.9. The Morgan fingerprint density at radius 3 is 2.36 bits per heavy atom. The van der Waals surface area contributed by atoms with Crippen molar-refractivity contribution < 1.29 is 23.1 Å². The average molecular weight is 419 g/mol. The molecule has 3 nitrogen and oxygen atoms in total. The van der Waals surface area contributed by atoms with E-state index in [9.17, 15) is 28.3 Å². The highest BCUT2D eigenvalue weighted by Crippen LogP contribution is 2.45. The number of nitrogens with zero attached hydrogens (tertiary/aromatic N) is 1. The lowest BCUT2D eigenvalue weighted by Crippen LogP contribution is -2.04. The Morgan fingerprint density at radius 2 is 1.82 bits per heavy atom. The number of carboxylic acid groups (broad SMARTS) is 1. The number of thiophene rings is 1. The number of hydrogen-bond acceptors (Lipinski definition) is 4. The third-order valence-corrected chi connectivity index (χ3v) is 6.05. The molecule has 1 aromatic heterocycles. The highest BCUT2D eigenvalue weighted by molar-refractivity contribution is 7.98. The number of halogens is 3. The van der Waals surface area contributed by atoms with Crippen molar-refractivity contribution in [3.8, 4) is 28.3 Å². The van der Waals surface area contributed by atoms with Gasteiger partial charge in [-0.05, 0) is 29.0 Å². The van der Waals surface area contributed by atoms with E-state index in [1.165, 1.54) is 11.8 Å². The van der Waals surface area contributed by atoms with Gasteiger partial charge in [-0.2, -0.15) is 18.4 Å². The zero-order valence-corrected chi connectivity index (χ0v) is 16.0. The molecule has 0 amide bonds. The number of alkyl halides is 3. The number of aromatic carboxylic acids is 1. The number of thioether (sulfide) groups is 1. The van der Waals surface area contributed by atoms with Crippen LogP contribution in [0.3, 0.4) is 0 Å². The zero-order valence-electron chi connectivity index (χ0n) is 14.4. The summed E-state index contributed by atoms with van der Waals surface area (Å²) in [4.78, 5) is 10.7. The van der Waals surface area contributed by atoms with Gasteiger partial charge in [0.05, 0.1) is 5.56 Å². The van der Waals surface area contributed by atoms with Gasteiger partial charge in [0, 0.05) is 10.5 Å². The van der Waals surface area contributed by atoms with Crippen LogP contribution in [0.2, 0.25) is 0 Å². The fourth-order valence-corrected chi connectivity index (χ4v) is 4.50. The molecule has 0 saturated carbocycles. The topological polar surface area (TPSA) is 61.1 Å². The summed E-state index contributed by atoms with van der Waals surface area (Å²) in [6.45, 7) is 0. The fraction of sp³-hybridized carbons (Fsp3) is 0.100. The fourth-order valence-electron chi connectivity index (χ4n) is 2.87. The molecule has 28 heavy (non-hydrogen) atoms. The van der Waals surface area contributed by atoms with Crippen LogP contribution in [0.15, 0.2) is 53.4 Å². The molecule has 1 N–H and O–H groups in total. The van der Waals surface area contributed by atoms with Crippen LogP contribution in [0.1, 0.15) is 20.1 Å². The molecule has 0 fully saturated rings. The molecule has 142 valence electrons. The Bertz CT molecular complexity index is 1080. The van der Waals surface area contributed by atoms with Crippen molar-refractivity contribution >= 4 is 29.1 Å². The van der Waals surface area contributed by atoms with Crippen LogP contribution in [0.4, 0.5) is 13.2 Å². The van der Waals surface area contributed by atoms with Crippen molar-refractivity contribution in [2.75, 3.05) is 6.26 Å². The molecule has 0 unspecified atom stereocenters. The van der Waals surface area contributed by atoms with E-state index < -0.39 is 27.5 Å². The highest BCUT2D eigenvalue weighted by atomic mass is 32.2. The molecular formula is C20H12F3NO2S2. The minimum Gasteiger partial charge on any atom is -0.477 e. The SMILES string of the molecule is CSc1cc(-c2c(C(=O)O)sc(C(F)(F)F)c2C#N)ccc1-c1ccccc1. The lowest BCUT2D eigenvalue weighted by atomic mass is 9.97. The number of carboxylic acids is 1. The van der Waals surface area contributed by atoms with Gasteiger partial charge < -0.3 is 5.11 Å². The number of rotatable bonds is 4. The van der Waals surface area contributed by atoms with E-state index in [1.807, 2.05) is 36.6 Å². The maximum absolute atomic E-state index is 13.3. The maximum atomic E-state index is 13.3. The second-order valence-corrected chi connectivity index (χ2v) is 7.57. The molecule has 1 heterocycles. The van der Waals surface area contributed by atoms with Crippen molar-refractivity contribution in [1.82, 2.24) is 0 Å². The van der Waals surface area contributed by atoms with Crippen LogP contribution >= 0.6 is 23.1 Å². The van der Waals surface area contributed by atoms with Crippen molar-refractivity contribution in [2.24, 2.45) is 0 Å². The highest BCUT2D eigenvalue weighted by Gasteiger charge is 2.40. The van der Waals surface area contributed by atoms with E-state index in [-0.39, 0.29) is 22.5 Å². The summed E-state index contributed by atoms with van der Waals surface area (Å²) in [5.41, 5.74) is 1.22. The third kappa shape index (κ3) is 3.63. The molecule has 0 aliphatic heterocycles. The molecule has 3 aromatic rings. The van der Waals surface area contributed by atoms with E-state index in [0.717, 1.165) is 16.0 Å². The number of nitriles is 1. The predicted octanol–water partition coefficient (Wildman–Crippen LogP) is 6.39. The summed E-state index contributed by atoms with van der Waals surface area (Å²) >= 11 is 1.47. The van der Waals surface area contributed by atoms with E-state index >= 15 is 0 Å². The van der Waals surface area contributed by atoms with Crippen molar-refractivity contribution in [3.63, 3.8) is 0 Å². The largest absolute Gasteiger partial charge is 0.477 e. The Labute approximate surface area is 167 Å². The van der Waals surface area contributed by atoms with Crippen molar-refractivity contribution in [3.05, 3.63) is 63.8 Å². The van der Waals surface area contributed by atoms with Crippen molar-refractivity contribution in [1.29, 1.82) is 5.26 Å². The predicted molar refractivity (Wildman–Crippen MR) is 104 cm³/mol. The smallest absolute Gasteiger partial charge is 0.426 e. The van der Waals surface area contributed by atoms with E-state index in [4.69, 9.17) is 0 Å². The van der Waals surface area contributed by atoms with Crippen LogP contribution in [-0.4, -0.2) is 17.3 Å². The summed E-state index contributed by atoms with van der Waals surface area (Å²) < 4.78 is 39.9. The second-order valence-electron chi connectivity index (χ2n) is 5.71. The first-order valence-electron chi connectivity index (χ1n) is 7.89. The van der Waals surface area contributed by atoms with E-state index in [1.54, 1.807) is 24.3 Å². The number of benzene rings is 2. The maximum Gasteiger partial charge on any atom is 0.426 e. The van der Waals surface area contributed by atoms with Crippen LogP contribution in [0, 0.1) is 11.3 Å². The van der Waals surface area contributed by atoms with Gasteiger partial charge in [-0.1, -0.05) is 42.5 Å². The van der Waals surface area contributed by atoms with Crippen LogP contribution < -0.4 is 0 Å². The average Bonchev–Trinajstić information content (AvgIpc) is 3.08. The lowest BCUT2D eigenvalue weighted by molar-refractivity contribution is -0.134. The summed E-state index contributed by atoms with van der Waals surface area (Å²) in [5.74, 6) is -1.50. The van der Waals surface area contributed by atoms with Gasteiger partial charge in [-0.25, -0.2) is 4.79 Å². The van der Waals surface area contributed by atoms with Crippen molar-refractivity contribution in [2.45, 2.75) is 11.1 Å². The van der Waals surface area contributed by atoms with Crippen LogP contribution in [0.25, 0.3) is 22.3 Å². The normalized spacial score (nSPS) is 11.2. The minimum atomic E-state index is -4.80. The molecule has 0 aliphatic rings. The molecule has 0 aliphatic carbocycles. The standard InChI is InChI=1S/C20H12F3NO2S2/c1-27-15-9-12(7-8-13(15)11-5-3-2-4-6-11)16-14(10-24)18(20(21,22)23)28-17(16)19(25)26/h2-9H,1H3,(H,25,26). The van der Waals surface area contributed by atoms with Gasteiger partial charge in [0.15, 0.2) is 0 Å². The van der Waals surface area contributed by atoms with Gasteiger partial charge in [0.25, 0.3) is 0 Å². The second kappa shape index (κ2) is 7.70. The number of hydrogen-bond donors (Lipinski definition) is 1. The van der Waals surface area contributed by atoms with Gasteiger partial charge in [-0.3, -0.25) is 0 Å². The van der Waals surface area contributed by atoms with Gasteiger partial charge in [0.1, 0.15) is 15.8 Å². The van der Waals surface area contributed by atoms with Crippen LogP contribution in [0.5, 0.6) is 0 Å². The molecule has 0 atom stereocenters. The first-order chi connectivity index (χ1) is 13.3. The molecule has 0 radical (unpaired) electrons. The van der Waals surface area contributed by atoms with E-state index in [0.29, 0.717) is 0 Å². The first kappa shape index (κ1) is 20.0. The third-order valence-electron chi connectivity index (χ3n) is 4.05. The molecule has 0 saturated heterocycles. The van der Waals surface area contributed by atoms with Gasteiger partial charge >= 0.3 is 12.1 Å². The summed E-state index contributed by atoms with van der Waals surface area (Å²) in [5, 5.41) is 18.8. The summed E-state index contributed by atoms with van der Waals surface area (Å²) in [6.07, 6.45) is -2.98. The zero-order chi connectivity index (χ0) is 20.5.